The number of hydrogen-bond donors (Lipinski definition) is 2. The molecule has 0 spiro atoms. The number of carbonyl (C=O) groups is 1. The van der Waals surface area contributed by atoms with Crippen molar-refractivity contribution in [1.29, 1.82) is 0 Å². The molecule has 2 N–H and O–H groups in total. The molecule has 0 radical (unpaired) electrons. The number of β-amino-alcohol motifs (C(OH)–C–C–N with tert-alkyl or cyclic N) is 1. The molecule has 2 amide bonds. The number of aliphatic hydroxyl groups excluding tert-OH is 1. The Kier molecular flexibility index (Phi) is 4.01. The number of methoxy groups -OCH3 is 1. The molecule has 1 saturated heterocycles. The number of hydrogen-bond acceptors (Lipinski definition) is 3. The van der Waals surface area contributed by atoms with Crippen LogP contribution >= 0.6 is 0 Å². The third-order valence-corrected chi connectivity index (χ3v) is 4.32. The van der Waals surface area contributed by atoms with Crippen LogP contribution in [0.1, 0.15) is 30.7 Å². The minimum Gasteiger partial charge on any atom is -0.496 e. The van der Waals surface area contributed by atoms with E-state index in [0.717, 1.165) is 37.1 Å². The number of likely N-dealkylation sites (tertiary alicyclic amines) is 1. The van der Waals surface area contributed by atoms with Gasteiger partial charge in [-0.15, -0.1) is 0 Å². The van der Waals surface area contributed by atoms with E-state index in [1.807, 2.05) is 18.2 Å². The van der Waals surface area contributed by atoms with Gasteiger partial charge >= 0.3 is 6.03 Å². The molecule has 3 rings (SSSR count). The molecule has 1 aromatic carbocycles. The summed E-state index contributed by atoms with van der Waals surface area (Å²) >= 11 is 0. The highest BCUT2D eigenvalue weighted by Gasteiger charge is 2.42. The Bertz CT molecular complexity index is 520. The lowest BCUT2D eigenvalue weighted by atomic mass is 10.1. The van der Waals surface area contributed by atoms with Crippen molar-refractivity contribution < 1.29 is 14.6 Å². The average molecular weight is 290 g/mol. The summed E-state index contributed by atoms with van der Waals surface area (Å²) in [5.74, 6) is 1.22. The van der Waals surface area contributed by atoms with Gasteiger partial charge in [-0.2, -0.15) is 0 Å². The Morgan fingerprint density at radius 1 is 1.43 bits per heavy atom. The summed E-state index contributed by atoms with van der Waals surface area (Å²) in [6, 6.07) is 8.07. The van der Waals surface area contributed by atoms with Crippen LogP contribution in [-0.4, -0.2) is 48.4 Å². The first-order chi connectivity index (χ1) is 10.2. The smallest absolute Gasteiger partial charge is 0.317 e. The molecule has 1 saturated carbocycles. The molecule has 2 aliphatic rings. The van der Waals surface area contributed by atoms with Gasteiger partial charge in [0.15, 0.2) is 0 Å². The Hall–Kier alpha value is -1.75. The van der Waals surface area contributed by atoms with E-state index in [0.29, 0.717) is 12.5 Å². The number of para-hydroxylation sites is 1. The highest BCUT2D eigenvalue weighted by Crippen LogP contribution is 2.44. The lowest BCUT2D eigenvalue weighted by molar-refractivity contribution is 0.0841. The molecular formula is C16H22N2O3. The van der Waals surface area contributed by atoms with E-state index < -0.39 is 0 Å². The Morgan fingerprint density at radius 3 is 3.00 bits per heavy atom. The summed E-state index contributed by atoms with van der Waals surface area (Å²) in [5.41, 5.74) is 1.16. The van der Waals surface area contributed by atoms with Crippen molar-refractivity contribution >= 4 is 6.03 Å². The fourth-order valence-electron chi connectivity index (χ4n) is 3.06. The monoisotopic (exact) mass is 290 g/mol. The number of aliphatic hydroxyl groups is 1. The first-order valence-electron chi connectivity index (χ1n) is 7.55. The molecule has 1 aliphatic heterocycles. The quantitative estimate of drug-likeness (QED) is 0.891. The summed E-state index contributed by atoms with van der Waals surface area (Å²) < 4.78 is 5.37. The fourth-order valence-corrected chi connectivity index (χ4v) is 3.06. The largest absolute Gasteiger partial charge is 0.496 e. The van der Waals surface area contributed by atoms with Crippen LogP contribution in [0.4, 0.5) is 4.79 Å². The Balaban J connectivity index is 1.57. The fraction of sp³-hybridized carbons (Fsp3) is 0.562. The maximum atomic E-state index is 12.2. The van der Waals surface area contributed by atoms with E-state index in [1.54, 1.807) is 12.0 Å². The van der Waals surface area contributed by atoms with E-state index in [1.165, 1.54) is 0 Å². The third kappa shape index (κ3) is 3.13. The van der Waals surface area contributed by atoms with Crippen molar-refractivity contribution in [1.82, 2.24) is 10.2 Å². The van der Waals surface area contributed by atoms with Crippen molar-refractivity contribution in [2.75, 3.05) is 20.2 Å². The maximum Gasteiger partial charge on any atom is 0.317 e. The van der Waals surface area contributed by atoms with Crippen molar-refractivity contribution in [2.45, 2.75) is 37.3 Å². The number of rotatable bonds is 3. The topological polar surface area (TPSA) is 61.8 Å². The molecular weight excluding hydrogens is 268 g/mol. The van der Waals surface area contributed by atoms with E-state index in [9.17, 15) is 9.90 Å². The molecule has 1 aliphatic carbocycles. The summed E-state index contributed by atoms with van der Waals surface area (Å²) in [6.07, 6.45) is 2.23. The number of benzene rings is 1. The summed E-state index contributed by atoms with van der Waals surface area (Å²) in [5, 5.41) is 12.7. The SMILES string of the molecule is COc1ccccc1C1CC1NC(=O)N1CCCC(O)C1. The number of nitrogens with zero attached hydrogens (tertiary/aromatic N) is 1. The van der Waals surface area contributed by atoms with Gasteiger partial charge in [0.2, 0.25) is 0 Å². The predicted octanol–water partition coefficient (Wildman–Crippen LogP) is 1.72. The molecule has 114 valence electrons. The Labute approximate surface area is 124 Å². The molecule has 3 atom stereocenters. The van der Waals surface area contributed by atoms with E-state index in [4.69, 9.17) is 4.74 Å². The number of urea groups is 1. The highest BCUT2D eigenvalue weighted by atomic mass is 16.5. The minimum absolute atomic E-state index is 0.0591. The van der Waals surface area contributed by atoms with Crippen molar-refractivity contribution in [3.63, 3.8) is 0 Å². The van der Waals surface area contributed by atoms with Crippen LogP contribution in [-0.2, 0) is 0 Å². The van der Waals surface area contributed by atoms with Crippen molar-refractivity contribution in [3.8, 4) is 5.75 Å². The summed E-state index contributed by atoms with van der Waals surface area (Å²) in [6.45, 7) is 1.17. The van der Waals surface area contributed by atoms with E-state index in [-0.39, 0.29) is 18.2 Å². The van der Waals surface area contributed by atoms with E-state index in [2.05, 4.69) is 11.4 Å². The van der Waals surface area contributed by atoms with Gasteiger partial charge in [0.25, 0.3) is 0 Å². The number of nitrogens with one attached hydrogen (secondary N) is 1. The van der Waals surface area contributed by atoms with Crippen LogP contribution in [0, 0.1) is 0 Å². The van der Waals surface area contributed by atoms with Gasteiger partial charge < -0.3 is 20.1 Å². The van der Waals surface area contributed by atoms with Crippen molar-refractivity contribution in [2.24, 2.45) is 0 Å². The van der Waals surface area contributed by atoms with Gasteiger partial charge in [-0.25, -0.2) is 4.79 Å². The molecule has 2 fully saturated rings. The minimum atomic E-state index is -0.381. The molecule has 5 heteroatoms. The Morgan fingerprint density at radius 2 is 2.24 bits per heavy atom. The van der Waals surface area contributed by atoms with Gasteiger partial charge in [-0.05, 0) is 30.9 Å². The standard InChI is InChI=1S/C16H22N2O3/c1-21-15-7-3-2-6-12(15)13-9-14(13)17-16(20)18-8-4-5-11(19)10-18/h2-3,6-7,11,13-14,19H,4-5,8-10H2,1H3,(H,17,20). The molecule has 3 unspecified atom stereocenters. The van der Waals surface area contributed by atoms with Gasteiger partial charge in [-0.3, -0.25) is 0 Å². The number of piperidine rings is 1. The number of carbonyl (C=O) groups excluding carboxylic acids is 1. The zero-order valence-electron chi connectivity index (χ0n) is 12.3. The van der Waals surface area contributed by atoms with Gasteiger partial charge in [0, 0.05) is 25.0 Å². The summed E-state index contributed by atoms with van der Waals surface area (Å²) in [7, 11) is 1.67. The van der Waals surface area contributed by atoms with Crippen LogP contribution < -0.4 is 10.1 Å². The highest BCUT2D eigenvalue weighted by molar-refractivity contribution is 5.75. The maximum absolute atomic E-state index is 12.2. The second-order valence-corrected chi connectivity index (χ2v) is 5.88. The normalized spacial score (nSPS) is 28.1. The predicted molar refractivity (Wildman–Crippen MR) is 79.5 cm³/mol. The van der Waals surface area contributed by atoms with E-state index >= 15 is 0 Å². The number of ether oxygens (including phenoxy) is 1. The third-order valence-electron chi connectivity index (χ3n) is 4.32. The van der Waals surface area contributed by atoms with Crippen LogP contribution in [0.3, 0.4) is 0 Å². The van der Waals surface area contributed by atoms with Crippen molar-refractivity contribution in [3.05, 3.63) is 29.8 Å². The number of amides is 2. The molecule has 0 aromatic heterocycles. The van der Waals surface area contributed by atoms with Crippen LogP contribution in [0.2, 0.25) is 0 Å². The first kappa shape index (κ1) is 14.2. The second kappa shape index (κ2) is 5.93. The lowest BCUT2D eigenvalue weighted by Crippen LogP contribution is -2.47. The molecule has 0 bridgehead atoms. The molecule has 5 nitrogen and oxygen atoms in total. The van der Waals surface area contributed by atoms with Crippen LogP contribution in [0.5, 0.6) is 5.75 Å². The van der Waals surface area contributed by atoms with Gasteiger partial charge in [0.05, 0.1) is 13.2 Å². The zero-order chi connectivity index (χ0) is 14.8. The molecule has 1 heterocycles. The average Bonchev–Trinajstić information content (AvgIpc) is 3.26. The molecule has 1 aromatic rings. The molecule has 21 heavy (non-hydrogen) atoms. The zero-order valence-corrected chi connectivity index (χ0v) is 12.3. The van der Waals surface area contributed by atoms with Crippen LogP contribution in [0.25, 0.3) is 0 Å². The first-order valence-corrected chi connectivity index (χ1v) is 7.55. The summed E-state index contributed by atoms with van der Waals surface area (Å²) in [4.78, 5) is 13.9. The lowest BCUT2D eigenvalue weighted by Gasteiger charge is -2.30. The van der Waals surface area contributed by atoms with Gasteiger partial charge in [-0.1, -0.05) is 18.2 Å². The van der Waals surface area contributed by atoms with Gasteiger partial charge in [0.1, 0.15) is 5.75 Å². The van der Waals surface area contributed by atoms with Crippen LogP contribution in [0.15, 0.2) is 24.3 Å². The second-order valence-electron chi connectivity index (χ2n) is 5.88.